The summed E-state index contributed by atoms with van der Waals surface area (Å²) in [6, 6.07) is 15.1. The summed E-state index contributed by atoms with van der Waals surface area (Å²) in [7, 11) is 0. The van der Waals surface area contributed by atoms with Crippen LogP contribution in [-0.2, 0) is 11.2 Å². The van der Waals surface area contributed by atoms with E-state index in [-0.39, 0.29) is 17.3 Å². The lowest BCUT2D eigenvalue weighted by Gasteiger charge is -2.34. The minimum absolute atomic E-state index is 0.113. The van der Waals surface area contributed by atoms with Crippen molar-refractivity contribution < 1.29 is 19.0 Å². The second-order valence-corrected chi connectivity index (χ2v) is 9.91. The average Bonchev–Trinajstić information content (AvgIpc) is 2.78. The van der Waals surface area contributed by atoms with Crippen molar-refractivity contribution in [2.75, 3.05) is 19.8 Å². The third-order valence-electron chi connectivity index (χ3n) is 6.02. The van der Waals surface area contributed by atoms with Gasteiger partial charge in [0.1, 0.15) is 11.5 Å². The van der Waals surface area contributed by atoms with Gasteiger partial charge in [-0.05, 0) is 80.0 Å². The second kappa shape index (κ2) is 13.3. The predicted octanol–water partition coefficient (Wildman–Crippen LogP) is 7.23. The molecule has 2 aromatic rings. The molecule has 34 heavy (non-hydrogen) atoms. The van der Waals surface area contributed by atoms with E-state index in [0.717, 1.165) is 42.7 Å². The molecular weight excluding hydrogens is 426 g/mol. The zero-order valence-corrected chi connectivity index (χ0v) is 21.9. The van der Waals surface area contributed by atoms with Crippen molar-refractivity contribution in [1.29, 1.82) is 0 Å². The van der Waals surface area contributed by atoms with Gasteiger partial charge in [-0.15, -0.1) is 0 Å². The number of nitrogens with two attached hydrogens (primary N) is 1. The normalized spacial score (nSPS) is 13.2. The standard InChI is InChI=1S/C29H43NO4/c1-7-23-26(32-8-2)18-22(19-27(23)33-9-3)25(20-29(4,5)6)24(16-13-17-34-28(30)31)21-14-11-10-12-15-21/h10-12,14-15,18-19,24-25H,7-9,13,16-17,20H2,1-6H3,(H2,30,31)/t24?,25-/m0/s1. The first-order chi connectivity index (χ1) is 16.2. The largest absolute Gasteiger partial charge is 0.493 e. The monoisotopic (exact) mass is 469 g/mol. The molecule has 0 radical (unpaired) electrons. The van der Waals surface area contributed by atoms with Crippen molar-refractivity contribution in [2.45, 2.75) is 79.1 Å². The number of primary amides is 1. The van der Waals surface area contributed by atoms with E-state index in [9.17, 15) is 4.79 Å². The molecule has 0 aliphatic carbocycles. The van der Waals surface area contributed by atoms with E-state index in [1.165, 1.54) is 11.1 Å². The molecule has 5 heteroatoms. The van der Waals surface area contributed by atoms with E-state index < -0.39 is 6.09 Å². The maximum Gasteiger partial charge on any atom is 0.404 e. The van der Waals surface area contributed by atoms with Gasteiger partial charge in [-0.1, -0.05) is 58.0 Å². The number of hydrogen-bond donors (Lipinski definition) is 1. The minimum Gasteiger partial charge on any atom is -0.493 e. The molecule has 2 N–H and O–H groups in total. The van der Waals surface area contributed by atoms with Gasteiger partial charge in [0.25, 0.3) is 0 Å². The van der Waals surface area contributed by atoms with Crippen LogP contribution in [0.5, 0.6) is 11.5 Å². The Morgan fingerprint density at radius 3 is 1.97 bits per heavy atom. The maximum absolute atomic E-state index is 11.1. The summed E-state index contributed by atoms with van der Waals surface area (Å²) in [4.78, 5) is 11.1. The van der Waals surface area contributed by atoms with Crippen molar-refractivity contribution in [3.8, 4) is 11.5 Å². The van der Waals surface area contributed by atoms with Crippen LogP contribution in [0, 0.1) is 5.41 Å². The molecule has 0 aromatic heterocycles. The highest BCUT2D eigenvalue weighted by molar-refractivity contribution is 5.64. The van der Waals surface area contributed by atoms with E-state index in [1.807, 2.05) is 19.9 Å². The van der Waals surface area contributed by atoms with Crippen LogP contribution < -0.4 is 15.2 Å². The molecule has 0 aliphatic heterocycles. The lowest BCUT2D eigenvalue weighted by atomic mass is 9.71. The molecule has 0 spiro atoms. The zero-order valence-electron chi connectivity index (χ0n) is 21.9. The molecule has 0 heterocycles. The van der Waals surface area contributed by atoms with Gasteiger partial charge in [0, 0.05) is 5.56 Å². The molecular formula is C29H43NO4. The maximum atomic E-state index is 11.1. The van der Waals surface area contributed by atoms with E-state index >= 15 is 0 Å². The first kappa shape index (κ1) is 27.6. The molecule has 1 unspecified atom stereocenters. The lowest BCUT2D eigenvalue weighted by molar-refractivity contribution is 0.153. The number of rotatable bonds is 13. The average molecular weight is 470 g/mol. The van der Waals surface area contributed by atoms with Crippen molar-refractivity contribution >= 4 is 6.09 Å². The molecule has 0 bridgehead atoms. The first-order valence-corrected chi connectivity index (χ1v) is 12.6. The van der Waals surface area contributed by atoms with Crippen molar-refractivity contribution in [2.24, 2.45) is 11.1 Å². The number of carbonyl (C=O) groups excluding carboxylic acids is 1. The third kappa shape index (κ3) is 8.27. The molecule has 0 fully saturated rings. The number of benzene rings is 2. The number of amides is 1. The second-order valence-electron chi connectivity index (χ2n) is 9.91. The SMILES string of the molecule is CCOc1cc([C@H](CC(C)(C)C)C(CCCOC(N)=O)c2ccccc2)cc(OCC)c1CC. The molecule has 1 amide bonds. The fraction of sp³-hybridized carbons (Fsp3) is 0.552. The molecule has 0 saturated heterocycles. The first-order valence-electron chi connectivity index (χ1n) is 12.6. The summed E-state index contributed by atoms with van der Waals surface area (Å²) < 4.78 is 17.2. The van der Waals surface area contributed by atoms with Crippen molar-refractivity contribution in [3.05, 3.63) is 59.2 Å². The fourth-order valence-electron chi connectivity index (χ4n) is 4.70. The van der Waals surface area contributed by atoms with Crippen LogP contribution >= 0.6 is 0 Å². The topological polar surface area (TPSA) is 70.8 Å². The summed E-state index contributed by atoms with van der Waals surface area (Å²) in [5.41, 5.74) is 8.92. The van der Waals surface area contributed by atoms with Gasteiger partial charge in [0.2, 0.25) is 0 Å². The van der Waals surface area contributed by atoms with Crippen LogP contribution in [0.3, 0.4) is 0 Å². The Hall–Kier alpha value is -2.69. The summed E-state index contributed by atoms with van der Waals surface area (Å²) in [6.07, 6.45) is 2.74. The summed E-state index contributed by atoms with van der Waals surface area (Å²) in [6.45, 7) is 14.6. The number of carbonyl (C=O) groups is 1. The van der Waals surface area contributed by atoms with Gasteiger partial charge in [0.05, 0.1) is 19.8 Å². The zero-order chi connectivity index (χ0) is 25.1. The third-order valence-corrected chi connectivity index (χ3v) is 6.02. The van der Waals surface area contributed by atoms with Gasteiger partial charge in [-0.2, -0.15) is 0 Å². The fourth-order valence-corrected chi connectivity index (χ4v) is 4.70. The van der Waals surface area contributed by atoms with Crippen LogP contribution in [0.4, 0.5) is 4.79 Å². The highest BCUT2D eigenvalue weighted by atomic mass is 16.5. The lowest BCUT2D eigenvalue weighted by Crippen LogP contribution is -2.20. The highest BCUT2D eigenvalue weighted by Gasteiger charge is 2.30. The summed E-state index contributed by atoms with van der Waals surface area (Å²) in [5, 5.41) is 0. The van der Waals surface area contributed by atoms with E-state index in [2.05, 4.69) is 64.1 Å². The molecule has 0 aliphatic rings. The van der Waals surface area contributed by atoms with Crippen molar-refractivity contribution in [1.82, 2.24) is 0 Å². The molecule has 5 nitrogen and oxygen atoms in total. The van der Waals surface area contributed by atoms with E-state index in [4.69, 9.17) is 19.9 Å². The Balaban J connectivity index is 2.59. The number of hydrogen-bond acceptors (Lipinski definition) is 4. The summed E-state index contributed by atoms with van der Waals surface area (Å²) >= 11 is 0. The smallest absolute Gasteiger partial charge is 0.404 e. The Bertz CT molecular complexity index is 862. The van der Waals surface area contributed by atoms with Crippen LogP contribution in [0.1, 0.15) is 89.3 Å². The molecule has 2 atom stereocenters. The Kier molecular flexibility index (Phi) is 10.7. The number of ether oxygens (including phenoxy) is 3. The Morgan fingerprint density at radius 2 is 1.50 bits per heavy atom. The predicted molar refractivity (Wildman–Crippen MR) is 139 cm³/mol. The van der Waals surface area contributed by atoms with Gasteiger partial charge in [0.15, 0.2) is 0 Å². The Labute approximate surface area is 206 Å². The summed E-state index contributed by atoms with van der Waals surface area (Å²) in [5.74, 6) is 2.30. The van der Waals surface area contributed by atoms with E-state index in [1.54, 1.807) is 0 Å². The Morgan fingerprint density at radius 1 is 0.912 bits per heavy atom. The van der Waals surface area contributed by atoms with E-state index in [0.29, 0.717) is 19.8 Å². The molecule has 2 rings (SSSR count). The van der Waals surface area contributed by atoms with Crippen molar-refractivity contribution in [3.63, 3.8) is 0 Å². The van der Waals surface area contributed by atoms with Crippen LogP contribution in [0.15, 0.2) is 42.5 Å². The molecule has 188 valence electrons. The van der Waals surface area contributed by atoms with Gasteiger partial charge in [-0.3, -0.25) is 0 Å². The molecule has 0 saturated carbocycles. The van der Waals surface area contributed by atoms with Gasteiger partial charge >= 0.3 is 6.09 Å². The van der Waals surface area contributed by atoms with Gasteiger partial charge in [-0.25, -0.2) is 4.79 Å². The van der Waals surface area contributed by atoms with Crippen LogP contribution in [0.2, 0.25) is 0 Å². The van der Waals surface area contributed by atoms with Gasteiger partial charge < -0.3 is 19.9 Å². The minimum atomic E-state index is -0.722. The highest BCUT2D eigenvalue weighted by Crippen LogP contribution is 2.46. The quantitative estimate of drug-likeness (QED) is 0.314. The molecule has 2 aromatic carbocycles. The van der Waals surface area contributed by atoms with Crippen LogP contribution in [-0.4, -0.2) is 25.9 Å². The van der Waals surface area contributed by atoms with Crippen LogP contribution in [0.25, 0.3) is 0 Å².